The number of aromatic nitrogens is 2. The summed E-state index contributed by atoms with van der Waals surface area (Å²) in [4.78, 5) is 23.2. The van der Waals surface area contributed by atoms with Crippen LogP contribution >= 0.6 is 0 Å². The van der Waals surface area contributed by atoms with Gasteiger partial charge in [-0.25, -0.2) is 19.2 Å². The Morgan fingerprint density at radius 1 is 0.943 bits per heavy atom. The molecular weight excluding hydrogens is 468 g/mol. The van der Waals surface area contributed by atoms with Crippen LogP contribution in [0.3, 0.4) is 0 Å². The predicted molar refractivity (Wildman–Crippen MR) is 124 cm³/mol. The van der Waals surface area contributed by atoms with Crippen molar-refractivity contribution >= 4 is 34.7 Å². The Hall–Kier alpha value is -3.93. The first kappa shape index (κ1) is 24.2. The molecule has 1 aliphatic rings. The third kappa shape index (κ3) is 6.35. The van der Waals surface area contributed by atoms with Gasteiger partial charge in [-0.15, -0.1) is 0 Å². The Labute approximate surface area is 198 Å². The third-order valence-corrected chi connectivity index (χ3v) is 5.10. The Balaban J connectivity index is 1.38. The number of nitrogens with one attached hydrogen (secondary N) is 3. The molecule has 0 atom stereocenters. The van der Waals surface area contributed by atoms with Gasteiger partial charge < -0.3 is 25.6 Å². The zero-order chi connectivity index (χ0) is 25.0. The number of amides is 2. The van der Waals surface area contributed by atoms with Crippen molar-refractivity contribution in [2.24, 2.45) is 0 Å². The molecule has 0 saturated carbocycles. The Bertz CT molecular complexity index is 1200. The van der Waals surface area contributed by atoms with E-state index in [1.807, 2.05) is 6.07 Å². The van der Waals surface area contributed by atoms with Crippen molar-refractivity contribution < 1.29 is 27.1 Å². The molecule has 0 bridgehead atoms. The predicted octanol–water partition coefficient (Wildman–Crippen LogP) is 5.17. The van der Waals surface area contributed by atoms with Crippen LogP contribution in [0.2, 0.25) is 0 Å². The average molecular weight is 490 g/mol. The van der Waals surface area contributed by atoms with E-state index in [-0.39, 0.29) is 5.69 Å². The van der Waals surface area contributed by atoms with Gasteiger partial charge in [-0.1, -0.05) is 0 Å². The summed E-state index contributed by atoms with van der Waals surface area (Å²) in [5.74, 6) is 0.602. The Morgan fingerprint density at radius 3 is 2.26 bits per heavy atom. The van der Waals surface area contributed by atoms with E-state index < -0.39 is 23.6 Å². The standard InChI is InChI=1S/C23H22F4N6O2/c1-14-28-20(13-21(29-14)33-8-10-35-11-9-33)30-15-2-4-16(5-3-15)31-22(34)32-17-6-7-19(24)18(12-17)23(25,26)27/h2-7,12-13H,8-11H2,1H3,(H,28,29,30)(H2,31,32,34). The third-order valence-electron chi connectivity index (χ3n) is 5.10. The number of ether oxygens (including phenoxy) is 1. The molecule has 1 aliphatic heterocycles. The van der Waals surface area contributed by atoms with Crippen LogP contribution in [-0.4, -0.2) is 42.3 Å². The quantitative estimate of drug-likeness (QED) is 0.428. The number of morpholine rings is 1. The highest BCUT2D eigenvalue weighted by molar-refractivity contribution is 5.99. The van der Waals surface area contributed by atoms with E-state index >= 15 is 0 Å². The number of urea groups is 1. The molecule has 2 heterocycles. The van der Waals surface area contributed by atoms with Crippen molar-refractivity contribution in [1.82, 2.24) is 9.97 Å². The molecule has 0 aliphatic carbocycles. The van der Waals surface area contributed by atoms with Crippen molar-refractivity contribution in [3.05, 3.63) is 65.7 Å². The van der Waals surface area contributed by atoms with Crippen LogP contribution in [0.5, 0.6) is 0 Å². The van der Waals surface area contributed by atoms with Crippen molar-refractivity contribution in [2.75, 3.05) is 47.2 Å². The van der Waals surface area contributed by atoms with E-state index in [1.54, 1.807) is 31.2 Å². The maximum atomic E-state index is 13.4. The van der Waals surface area contributed by atoms with E-state index in [9.17, 15) is 22.4 Å². The maximum absolute atomic E-state index is 13.4. The molecule has 1 fully saturated rings. The van der Waals surface area contributed by atoms with Gasteiger partial charge in [0.25, 0.3) is 0 Å². The molecule has 3 aromatic rings. The zero-order valence-corrected chi connectivity index (χ0v) is 18.6. The molecule has 0 spiro atoms. The largest absolute Gasteiger partial charge is 0.419 e. The van der Waals surface area contributed by atoms with Crippen LogP contribution in [-0.2, 0) is 10.9 Å². The number of carbonyl (C=O) groups is 1. The number of anilines is 5. The fourth-order valence-electron chi connectivity index (χ4n) is 3.47. The zero-order valence-electron chi connectivity index (χ0n) is 18.6. The van der Waals surface area contributed by atoms with Gasteiger partial charge in [0, 0.05) is 36.2 Å². The molecule has 3 N–H and O–H groups in total. The van der Waals surface area contributed by atoms with E-state index in [1.165, 1.54) is 0 Å². The maximum Gasteiger partial charge on any atom is 0.419 e. The van der Waals surface area contributed by atoms with E-state index in [0.717, 1.165) is 25.0 Å². The molecule has 184 valence electrons. The lowest BCUT2D eigenvalue weighted by atomic mass is 10.2. The summed E-state index contributed by atoms with van der Waals surface area (Å²) in [6.45, 7) is 4.57. The summed E-state index contributed by atoms with van der Waals surface area (Å²) >= 11 is 0. The van der Waals surface area contributed by atoms with Gasteiger partial charge in [-0.2, -0.15) is 13.2 Å². The number of benzene rings is 2. The number of hydrogen-bond donors (Lipinski definition) is 3. The minimum Gasteiger partial charge on any atom is -0.378 e. The smallest absolute Gasteiger partial charge is 0.378 e. The number of nitrogens with zero attached hydrogens (tertiary/aromatic N) is 3. The molecule has 1 aromatic heterocycles. The van der Waals surface area contributed by atoms with Crippen molar-refractivity contribution in [2.45, 2.75) is 13.1 Å². The molecule has 2 amide bonds. The molecule has 0 radical (unpaired) electrons. The minimum atomic E-state index is -4.87. The van der Waals surface area contributed by atoms with Gasteiger partial charge in [0.2, 0.25) is 0 Å². The fourth-order valence-corrected chi connectivity index (χ4v) is 3.47. The highest BCUT2D eigenvalue weighted by atomic mass is 19.4. The summed E-state index contributed by atoms with van der Waals surface area (Å²) in [5, 5.41) is 7.97. The Kier molecular flexibility index (Phi) is 7.01. The number of aryl methyl sites for hydroxylation is 1. The summed E-state index contributed by atoms with van der Waals surface area (Å²) in [6.07, 6.45) is -4.87. The van der Waals surface area contributed by atoms with Crippen LogP contribution in [0.1, 0.15) is 11.4 Å². The molecule has 4 rings (SSSR count). The van der Waals surface area contributed by atoms with Crippen molar-refractivity contribution in [3.63, 3.8) is 0 Å². The Morgan fingerprint density at radius 2 is 1.57 bits per heavy atom. The second kappa shape index (κ2) is 10.1. The minimum absolute atomic E-state index is 0.190. The molecule has 8 nitrogen and oxygen atoms in total. The topological polar surface area (TPSA) is 91.4 Å². The monoisotopic (exact) mass is 490 g/mol. The van der Waals surface area contributed by atoms with Gasteiger partial charge in [-0.3, -0.25) is 0 Å². The first-order valence-corrected chi connectivity index (χ1v) is 10.7. The van der Waals surface area contributed by atoms with Gasteiger partial charge in [-0.05, 0) is 49.4 Å². The number of carbonyl (C=O) groups excluding carboxylic acids is 1. The summed E-state index contributed by atoms with van der Waals surface area (Å²) in [5.41, 5.74) is -0.540. The number of rotatable bonds is 5. The highest BCUT2D eigenvalue weighted by Gasteiger charge is 2.34. The second-order valence-electron chi connectivity index (χ2n) is 7.73. The summed E-state index contributed by atoms with van der Waals surface area (Å²) in [7, 11) is 0. The molecule has 0 unspecified atom stereocenters. The first-order chi connectivity index (χ1) is 16.7. The SMILES string of the molecule is Cc1nc(Nc2ccc(NC(=O)Nc3ccc(F)c(C(F)(F)F)c3)cc2)cc(N2CCOCC2)n1. The van der Waals surface area contributed by atoms with E-state index in [4.69, 9.17) is 4.74 Å². The van der Waals surface area contributed by atoms with Gasteiger partial charge in [0.05, 0.1) is 18.8 Å². The molecular formula is C23H22F4N6O2. The molecule has 12 heteroatoms. The molecule has 35 heavy (non-hydrogen) atoms. The molecule has 1 saturated heterocycles. The fraction of sp³-hybridized carbons (Fsp3) is 0.261. The number of alkyl halides is 3. The lowest BCUT2D eigenvalue weighted by molar-refractivity contribution is -0.139. The second-order valence-corrected chi connectivity index (χ2v) is 7.73. The summed E-state index contributed by atoms with van der Waals surface area (Å²) < 4.78 is 57.4. The van der Waals surface area contributed by atoms with Crippen molar-refractivity contribution in [3.8, 4) is 0 Å². The van der Waals surface area contributed by atoms with E-state index in [0.29, 0.717) is 48.4 Å². The number of hydrogen-bond acceptors (Lipinski definition) is 6. The van der Waals surface area contributed by atoms with Crippen LogP contribution in [0, 0.1) is 12.7 Å². The van der Waals surface area contributed by atoms with Crippen molar-refractivity contribution in [1.29, 1.82) is 0 Å². The van der Waals surface area contributed by atoms with Crippen LogP contribution < -0.4 is 20.9 Å². The van der Waals surface area contributed by atoms with Crippen LogP contribution in [0.25, 0.3) is 0 Å². The first-order valence-electron chi connectivity index (χ1n) is 10.7. The average Bonchev–Trinajstić information content (AvgIpc) is 2.81. The lowest BCUT2D eigenvalue weighted by Crippen LogP contribution is -2.36. The number of halogens is 4. The van der Waals surface area contributed by atoms with Gasteiger partial charge in [0.1, 0.15) is 23.3 Å². The van der Waals surface area contributed by atoms with Gasteiger partial charge in [0.15, 0.2) is 0 Å². The van der Waals surface area contributed by atoms with E-state index in [2.05, 4.69) is 30.8 Å². The highest BCUT2D eigenvalue weighted by Crippen LogP contribution is 2.33. The molecule has 2 aromatic carbocycles. The van der Waals surface area contributed by atoms with Gasteiger partial charge >= 0.3 is 12.2 Å². The van der Waals surface area contributed by atoms with Crippen LogP contribution in [0.15, 0.2) is 48.5 Å². The van der Waals surface area contributed by atoms with Crippen LogP contribution in [0.4, 0.5) is 51.1 Å². The summed E-state index contributed by atoms with van der Waals surface area (Å²) in [6, 6.07) is 9.96. The lowest BCUT2D eigenvalue weighted by Gasteiger charge is -2.28. The normalized spacial score (nSPS) is 13.9.